The van der Waals surface area contributed by atoms with Crippen LogP contribution in [0, 0.1) is 0 Å². The van der Waals surface area contributed by atoms with E-state index in [4.69, 9.17) is 16.1 Å². The summed E-state index contributed by atoms with van der Waals surface area (Å²) in [6, 6.07) is 8.58. The minimum atomic E-state index is -3.89. The van der Waals surface area contributed by atoms with Crippen molar-refractivity contribution in [2.24, 2.45) is 21.2 Å². The van der Waals surface area contributed by atoms with Crippen LogP contribution in [0.25, 0.3) is 11.1 Å². The number of sulfonamides is 2. The van der Waals surface area contributed by atoms with E-state index in [9.17, 15) is 16.8 Å². The Morgan fingerprint density at radius 2 is 1.09 bits per heavy atom. The molecule has 0 spiro atoms. The third-order valence-electron chi connectivity index (χ3n) is 3.57. The van der Waals surface area contributed by atoms with Crippen molar-refractivity contribution in [2.75, 3.05) is 0 Å². The van der Waals surface area contributed by atoms with E-state index >= 15 is 0 Å². The lowest BCUT2D eigenvalue weighted by atomic mass is 10.1. The van der Waals surface area contributed by atoms with Crippen molar-refractivity contribution in [1.82, 2.24) is 0 Å². The molecular formula is C13H12N4O4S2. The smallest absolute Gasteiger partial charge is 0.238 e. The monoisotopic (exact) mass is 352 g/mol. The molecule has 1 aliphatic carbocycles. The maximum atomic E-state index is 11.5. The van der Waals surface area contributed by atoms with Gasteiger partial charge >= 0.3 is 0 Å². The molecule has 0 radical (unpaired) electrons. The van der Waals surface area contributed by atoms with Gasteiger partial charge in [-0.05, 0) is 35.4 Å². The van der Waals surface area contributed by atoms with Gasteiger partial charge in [0.25, 0.3) is 0 Å². The molecule has 0 unspecified atom stereocenters. The van der Waals surface area contributed by atoms with Crippen LogP contribution in [0.1, 0.15) is 11.1 Å². The van der Waals surface area contributed by atoms with Crippen molar-refractivity contribution in [1.29, 1.82) is 0 Å². The zero-order chi connectivity index (χ0) is 17.0. The van der Waals surface area contributed by atoms with Gasteiger partial charge < -0.3 is 5.84 Å². The Hall–Kier alpha value is -2.27. The second-order valence-electron chi connectivity index (χ2n) is 4.98. The number of fused-ring (bicyclic) bond motifs is 3. The van der Waals surface area contributed by atoms with Crippen LogP contribution in [0.3, 0.4) is 0 Å². The van der Waals surface area contributed by atoms with E-state index in [-0.39, 0.29) is 15.5 Å². The zero-order valence-corrected chi connectivity index (χ0v) is 13.2. The van der Waals surface area contributed by atoms with Gasteiger partial charge in [-0.3, -0.25) is 0 Å². The molecule has 3 rings (SSSR count). The molecule has 0 amide bonds. The normalized spacial score (nSPS) is 13.6. The first kappa shape index (κ1) is 15.6. The molecule has 1 aliphatic rings. The fraction of sp³-hybridized carbons (Fsp3) is 0. The summed E-state index contributed by atoms with van der Waals surface area (Å²) in [5.74, 6) is 5.41. The van der Waals surface area contributed by atoms with E-state index in [0.717, 1.165) is 0 Å². The van der Waals surface area contributed by atoms with Crippen LogP contribution in [0.15, 0.2) is 51.3 Å². The summed E-state index contributed by atoms with van der Waals surface area (Å²) in [4.78, 5) is -0.172. The molecule has 0 saturated heterocycles. The summed E-state index contributed by atoms with van der Waals surface area (Å²) >= 11 is 0. The molecule has 6 N–H and O–H groups in total. The van der Waals surface area contributed by atoms with Crippen LogP contribution < -0.4 is 16.1 Å². The molecular weight excluding hydrogens is 340 g/mol. The van der Waals surface area contributed by atoms with Gasteiger partial charge in [0.05, 0.1) is 15.5 Å². The fourth-order valence-corrected chi connectivity index (χ4v) is 3.63. The highest BCUT2D eigenvalue weighted by molar-refractivity contribution is 7.89. The van der Waals surface area contributed by atoms with Crippen LogP contribution in [0.2, 0.25) is 0 Å². The maximum absolute atomic E-state index is 11.5. The minimum absolute atomic E-state index is 0.0862. The molecule has 0 aliphatic heterocycles. The first-order chi connectivity index (χ1) is 10.6. The van der Waals surface area contributed by atoms with Gasteiger partial charge in [-0.15, -0.1) is 0 Å². The predicted octanol–water partition coefficient (Wildman–Crippen LogP) is -0.327. The highest BCUT2D eigenvalue weighted by Crippen LogP contribution is 2.38. The number of hydrogen-bond acceptors (Lipinski definition) is 6. The summed E-state index contributed by atoms with van der Waals surface area (Å²) in [7, 11) is -7.77. The molecule has 120 valence electrons. The summed E-state index contributed by atoms with van der Waals surface area (Å²) in [6.45, 7) is 0. The van der Waals surface area contributed by atoms with Gasteiger partial charge in [0.1, 0.15) is 0 Å². The fourth-order valence-electron chi connectivity index (χ4n) is 2.55. The van der Waals surface area contributed by atoms with Crippen molar-refractivity contribution < 1.29 is 16.8 Å². The number of benzene rings is 2. The Kier molecular flexibility index (Phi) is 3.30. The maximum Gasteiger partial charge on any atom is 0.238 e. The number of hydrogen-bond donors (Lipinski definition) is 3. The predicted molar refractivity (Wildman–Crippen MR) is 84.5 cm³/mol. The molecule has 10 heteroatoms. The topological polar surface area (TPSA) is 159 Å². The second kappa shape index (κ2) is 4.86. The molecule has 0 heterocycles. The summed E-state index contributed by atoms with van der Waals surface area (Å²) in [6.07, 6.45) is 0. The molecule has 0 aromatic heterocycles. The van der Waals surface area contributed by atoms with Crippen LogP contribution >= 0.6 is 0 Å². The largest absolute Gasteiger partial charge is 0.323 e. The Bertz CT molecular complexity index is 990. The SMILES string of the molecule is NN=C1c2cc(S(N)(=O)=O)ccc2-c2ccc(S(N)(=O)=O)cc21. The van der Waals surface area contributed by atoms with Gasteiger partial charge in [-0.25, -0.2) is 27.1 Å². The number of rotatable bonds is 2. The molecule has 0 fully saturated rings. The standard InChI is InChI=1S/C13H12N4O4S2/c14-17-13-11-5-7(22(15,18)19)1-3-9(11)10-4-2-8(6-12(10)13)23(16,20)21/h1-6H,14H2,(H2,15,18,19)(H2,16,20,21). The Labute approximate surface area is 132 Å². The summed E-state index contributed by atoms with van der Waals surface area (Å²) in [5, 5.41) is 13.9. The molecule has 2 aromatic rings. The number of nitrogens with zero attached hydrogens (tertiary/aromatic N) is 1. The van der Waals surface area contributed by atoms with Gasteiger partial charge in [0.2, 0.25) is 20.0 Å². The van der Waals surface area contributed by atoms with Crippen LogP contribution in [0.5, 0.6) is 0 Å². The number of nitrogens with two attached hydrogens (primary N) is 3. The Balaban J connectivity index is 2.29. The van der Waals surface area contributed by atoms with Crippen molar-refractivity contribution in [2.45, 2.75) is 9.79 Å². The van der Waals surface area contributed by atoms with E-state index in [1.54, 1.807) is 12.1 Å². The van der Waals surface area contributed by atoms with E-state index < -0.39 is 20.0 Å². The lowest BCUT2D eigenvalue weighted by Gasteiger charge is -2.03. The van der Waals surface area contributed by atoms with Crippen molar-refractivity contribution in [3.63, 3.8) is 0 Å². The van der Waals surface area contributed by atoms with E-state index in [0.29, 0.717) is 22.3 Å². The highest BCUT2D eigenvalue weighted by atomic mass is 32.2. The van der Waals surface area contributed by atoms with Gasteiger partial charge in [0.15, 0.2) is 0 Å². The first-order valence-electron chi connectivity index (χ1n) is 6.25. The second-order valence-corrected chi connectivity index (χ2v) is 8.11. The van der Waals surface area contributed by atoms with Crippen LogP contribution in [-0.4, -0.2) is 22.5 Å². The average molecular weight is 352 g/mol. The molecule has 8 nitrogen and oxygen atoms in total. The number of hydrazone groups is 1. The Morgan fingerprint density at radius 3 is 1.39 bits per heavy atom. The number of primary sulfonamides is 2. The first-order valence-corrected chi connectivity index (χ1v) is 9.35. The summed E-state index contributed by atoms with van der Waals surface area (Å²) < 4.78 is 46.0. The molecule has 2 aromatic carbocycles. The summed E-state index contributed by atoms with van der Waals surface area (Å²) in [5.41, 5.74) is 2.54. The molecule has 0 bridgehead atoms. The lowest BCUT2D eigenvalue weighted by molar-refractivity contribution is 0.596. The third kappa shape index (κ3) is 2.51. The molecule has 23 heavy (non-hydrogen) atoms. The van der Waals surface area contributed by atoms with Crippen LogP contribution in [-0.2, 0) is 20.0 Å². The third-order valence-corrected chi connectivity index (χ3v) is 5.39. The minimum Gasteiger partial charge on any atom is -0.323 e. The molecule has 0 saturated carbocycles. The van der Waals surface area contributed by atoms with Crippen molar-refractivity contribution in [3.8, 4) is 11.1 Å². The van der Waals surface area contributed by atoms with E-state index in [1.807, 2.05) is 0 Å². The van der Waals surface area contributed by atoms with E-state index in [2.05, 4.69) is 5.10 Å². The van der Waals surface area contributed by atoms with E-state index in [1.165, 1.54) is 24.3 Å². The highest BCUT2D eigenvalue weighted by Gasteiger charge is 2.28. The lowest BCUT2D eigenvalue weighted by Crippen LogP contribution is -2.13. The van der Waals surface area contributed by atoms with Gasteiger partial charge in [-0.2, -0.15) is 5.10 Å². The quantitative estimate of drug-likeness (QED) is 0.425. The van der Waals surface area contributed by atoms with Gasteiger partial charge in [0, 0.05) is 11.1 Å². The van der Waals surface area contributed by atoms with Crippen molar-refractivity contribution >= 4 is 25.8 Å². The van der Waals surface area contributed by atoms with Gasteiger partial charge in [-0.1, -0.05) is 12.1 Å². The van der Waals surface area contributed by atoms with Crippen LogP contribution in [0.4, 0.5) is 0 Å². The Morgan fingerprint density at radius 1 is 0.696 bits per heavy atom. The molecule has 0 atom stereocenters. The van der Waals surface area contributed by atoms with Crippen molar-refractivity contribution in [3.05, 3.63) is 47.5 Å². The average Bonchev–Trinajstić information content (AvgIpc) is 2.77. The zero-order valence-electron chi connectivity index (χ0n) is 11.6.